The van der Waals surface area contributed by atoms with Gasteiger partial charge in [0.15, 0.2) is 0 Å². The van der Waals surface area contributed by atoms with E-state index in [1.807, 2.05) is 0 Å². The van der Waals surface area contributed by atoms with Gasteiger partial charge < -0.3 is 14.8 Å². The monoisotopic (exact) mass is 292 g/mol. The van der Waals surface area contributed by atoms with E-state index in [4.69, 9.17) is 9.47 Å². The Bertz CT molecular complexity index is 445. The molecule has 0 aliphatic heterocycles. The topological polar surface area (TPSA) is 60.5 Å². The zero-order valence-electron chi connectivity index (χ0n) is 12.6. The van der Waals surface area contributed by atoms with Crippen molar-refractivity contribution in [1.29, 1.82) is 0 Å². The van der Waals surface area contributed by atoms with Gasteiger partial charge in [0.2, 0.25) is 0 Å². The third-order valence-corrected chi connectivity index (χ3v) is 3.60. The van der Waals surface area contributed by atoms with Gasteiger partial charge in [0.1, 0.15) is 11.4 Å². The summed E-state index contributed by atoms with van der Waals surface area (Å²) in [6.07, 6.45) is 8.25. The second-order valence-corrected chi connectivity index (χ2v) is 5.18. The Morgan fingerprint density at radius 2 is 2.19 bits per heavy atom. The number of carbonyl (C=O) groups is 1. The highest BCUT2D eigenvalue weighted by Crippen LogP contribution is 2.20. The van der Waals surface area contributed by atoms with E-state index in [1.54, 1.807) is 25.3 Å². The zero-order chi connectivity index (χ0) is 14.9. The van der Waals surface area contributed by atoms with Crippen LogP contribution in [0.5, 0.6) is 0 Å². The first kappa shape index (κ1) is 15.8. The molecule has 0 spiro atoms. The Balaban J connectivity index is 1.78. The van der Waals surface area contributed by atoms with Gasteiger partial charge in [-0.2, -0.15) is 0 Å². The SMILES string of the molecule is CCOC(=O)c1cccnc1NCCOC1CCCCC1. The van der Waals surface area contributed by atoms with Crippen molar-refractivity contribution in [2.45, 2.75) is 45.1 Å². The van der Waals surface area contributed by atoms with Crippen molar-refractivity contribution < 1.29 is 14.3 Å². The molecule has 2 rings (SSSR count). The van der Waals surface area contributed by atoms with Crippen molar-refractivity contribution in [1.82, 2.24) is 4.98 Å². The van der Waals surface area contributed by atoms with Crippen LogP contribution in [0, 0.1) is 0 Å². The number of esters is 1. The fourth-order valence-electron chi connectivity index (χ4n) is 2.55. The smallest absolute Gasteiger partial charge is 0.341 e. The van der Waals surface area contributed by atoms with Crippen LogP contribution in [0.2, 0.25) is 0 Å². The molecule has 21 heavy (non-hydrogen) atoms. The molecule has 0 amide bonds. The quantitative estimate of drug-likeness (QED) is 0.618. The number of hydrogen-bond donors (Lipinski definition) is 1. The van der Waals surface area contributed by atoms with Crippen LogP contribution in [0.1, 0.15) is 49.4 Å². The van der Waals surface area contributed by atoms with E-state index in [2.05, 4.69) is 10.3 Å². The van der Waals surface area contributed by atoms with E-state index >= 15 is 0 Å². The fraction of sp³-hybridized carbons (Fsp3) is 0.625. The van der Waals surface area contributed by atoms with Gasteiger partial charge in [-0.3, -0.25) is 0 Å². The molecule has 5 heteroatoms. The number of pyridine rings is 1. The average Bonchev–Trinajstić information content (AvgIpc) is 2.53. The number of nitrogens with one attached hydrogen (secondary N) is 1. The fourth-order valence-corrected chi connectivity index (χ4v) is 2.55. The summed E-state index contributed by atoms with van der Waals surface area (Å²) in [7, 11) is 0. The minimum atomic E-state index is -0.346. The normalized spacial score (nSPS) is 15.7. The Morgan fingerprint density at radius 1 is 1.38 bits per heavy atom. The first-order valence-electron chi connectivity index (χ1n) is 7.79. The molecule has 0 radical (unpaired) electrons. The van der Waals surface area contributed by atoms with Crippen molar-refractivity contribution in [3.63, 3.8) is 0 Å². The largest absolute Gasteiger partial charge is 0.462 e. The number of nitrogens with zero attached hydrogens (tertiary/aromatic N) is 1. The van der Waals surface area contributed by atoms with E-state index in [1.165, 1.54) is 19.3 Å². The summed E-state index contributed by atoms with van der Waals surface area (Å²) in [5.74, 6) is 0.212. The molecule has 1 saturated carbocycles. The van der Waals surface area contributed by atoms with E-state index in [0.29, 0.717) is 37.2 Å². The molecule has 0 bridgehead atoms. The predicted octanol–water partition coefficient (Wildman–Crippen LogP) is 3.02. The lowest BCUT2D eigenvalue weighted by atomic mass is 9.98. The van der Waals surface area contributed by atoms with Crippen molar-refractivity contribution in [2.75, 3.05) is 25.1 Å². The Labute approximate surface area is 126 Å². The number of aromatic nitrogens is 1. The Hall–Kier alpha value is -1.62. The first-order valence-corrected chi connectivity index (χ1v) is 7.79. The highest BCUT2D eigenvalue weighted by molar-refractivity contribution is 5.94. The van der Waals surface area contributed by atoms with Crippen LogP contribution in [0.15, 0.2) is 18.3 Å². The van der Waals surface area contributed by atoms with Crippen molar-refractivity contribution in [3.05, 3.63) is 23.9 Å². The number of rotatable bonds is 7. The number of anilines is 1. The van der Waals surface area contributed by atoms with Gasteiger partial charge in [-0.05, 0) is 31.9 Å². The minimum Gasteiger partial charge on any atom is -0.462 e. The van der Waals surface area contributed by atoms with Gasteiger partial charge >= 0.3 is 5.97 Å². The lowest BCUT2D eigenvalue weighted by molar-refractivity contribution is 0.0346. The third-order valence-electron chi connectivity index (χ3n) is 3.60. The van der Waals surface area contributed by atoms with Crippen LogP contribution in [-0.2, 0) is 9.47 Å². The van der Waals surface area contributed by atoms with Crippen LogP contribution in [-0.4, -0.2) is 36.8 Å². The zero-order valence-corrected chi connectivity index (χ0v) is 12.6. The summed E-state index contributed by atoms with van der Waals surface area (Å²) in [5.41, 5.74) is 0.469. The van der Waals surface area contributed by atoms with Gasteiger partial charge in [0, 0.05) is 12.7 Å². The molecule has 1 aromatic heterocycles. The van der Waals surface area contributed by atoms with E-state index in [0.717, 1.165) is 12.8 Å². The van der Waals surface area contributed by atoms with Crippen LogP contribution in [0.4, 0.5) is 5.82 Å². The third kappa shape index (κ3) is 5.01. The Morgan fingerprint density at radius 3 is 2.95 bits per heavy atom. The average molecular weight is 292 g/mol. The van der Waals surface area contributed by atoms with Crippen LogP contribution < -0.4 is 5.32 Å². The molecule has 1 aromatic rings. The number of hydrogen-bond acceptors (Lipinski definition) is 5. The number of ether oxygens (including phenoxy) is 2. The minimum absolute atomic E-state index is 0.346. The molecule has 1 heterocycles. The molecule has 0 unspecified atom stereocenters. The molecule has 1 aliphatic rings. The summed E-state index contributed by atoms with van der Waals surface area (Å²) in [5, 5.41) is 3.16. The van der Waals surface area contributed by atoms with Gasteiger partial charge in [-0.1, -0.05) is 19.3 Å². The van der Waals surface area contributed by atoms with Crippen LogP contribution in [0.25, 0.3) is 0 Å². The standard InChI is InChI=1S/C16H24N2O3/c1-2-20-16(19)14-9-6-10-17-15(14)18-11-12-21-13-7-4-3-5-8-13/h6,9-10,13H,2-5,7-8,11-12H2,1H3,(H,17,18). The maximum atomic E-state index is 11.8. The van der Waals surface area contributed by atoms with E-state index < -0.39 is 0 Å². The van der Waals surface area contributed by atoms with Gasteiger partial charge in [-0.15, -0.1) is 0 Å². The molecule has 5 nitrogen and oxygen atoms in total. The maximum absolute atomic E-state index is 11.8. The Kier molecular flexibility index (Phi) is 6.47. The molecular weight excluding hydrogens is 268 g/mol. The van der Waals surface area contributed by atoms with Gasteiger partial charge in [0.25, 0.3) is 0 Å². The second kappa shape index (κ2) is 8.62. The van der Waals surface area contributed by atoms with E-state index in [-0.39, 0.29) is 5.97 Å². The van der Waals surface area contributed by atoms with Gasteiger partial charge in [-0.25, -0.2) is 9.78 Å². The molecule has 1 aliphatic carbocycles. The molecule has 0 aromatic carbocycles. The van der Waals surface area contributed by atoms with Crippen LogP contribution >= 0.6 is 0 Å². The molecule has 0 atom stereocenters. The molecule has 116 valence electrons. The molecule has 1 fully saturated rings. The maximum Gasteiger partial charge on any atom is 0.341 e. The highest BCUT2D eigenvalue weighted by atomic mass is 16.5. The second-order valence-electron chi connectivity index (χ2n) is 5.18. The highest BCUT2D eigenvalue weighted by Gasteiger charge is 2.14. The summed E-state index contributed by atoms with van der Waals surface area (Å²) in [6.45, 7) is 3.42. The molecule has 0 saturated heterocycles. The molecular formula is C16H24N2O3. The predicted molar refractivity (Wildman–Crippen MR) is 81.5 cm³/mol. The summed E-state index contributed by atoms with van der Waals surface area (Å²) < 4.78 is 10.9. The lowest BCUT2D eigenvalue weighted by Gasteiger charge is -2.22. The lowest BCUT2D eigenvalue weighted by Crippen LogP contribution is -2.21. The van der Waals surface area contributed by atoms with Crippen molar-refractivity contribution in [3.8, 4) is 0 Å². The van der Waals surface area contributed by atoms with Crippen LogP contribution in [0.3, 0.4) is 0 Å². The first-order chi connectivity index (χ1) is 10.3. The molecule has 1 N–H and O–H groups in total. The van der Waals surface area contributed by atoms with Gasteiger partial charge in [0.05, 0.1) is 19.3 Å². The summed E-state index contributed by atoms with van der Waals surface area (Å²) >= 11 is 0. The number of carbonyl (C=O) groups excluding carboxylic acids is 1. The van der Waals surface area contributed by atoms with Crippen molar-refractivity contribution >= 4 is 11.8 Å². The van der Waals surface area contributed by atoms with E-state index in [9.17, 15) is 4.79 Å². The summed E-state index contributed by atoms with van der Waals surface area (Å²) in [4.78, 5) is 16.0. The van der Waals surface area contributed by atoms with Crippen molar-refractivity contribution in [2.24, 2.45) is 0 Å². The summed E-state index contributed by atoms with van der Waals surface area (Å²) in [6, 6.07) is 3.45.